The van der Waals surface area contributed by atoms with Gasteiger partial charge in [0.1, 0.15) is 6.26 Å². The third kappa shape index (κ3) is 2.46. The first-order valence-corrected chi connectivity index (χ1v) is 5.70. The molecule has 0 bridgehead atoms. The maximum Gasteiger partial charge on any atom is 0.157 e. The molecule has 1 aromatic rings. The van der Waals surface area contributed by atoms with E-state index in [0.29, 0.717) is 0 Å². The zero-order valence-electron chi connectivity index (χ0n) is 8.20. The molecule has 0 heterocycles. The first kappa shape index (κ1) is 10.6. The van der Waals surface area contributed by atoms with E-state index in [4.69, 9.17) is 5.73 Å². The van der Waals surface area contributed by atoms with Crippen molar-refractivity contribution in [1.82, 2.24) is 0 Å². The van der Waals surface area contributed by atoms with Crippen LogP contribution in [-0.2, 0) is 16.7 Å². The molecule has 0 spiro atoms. The van der Waals surface area contributed by atoms with E-state index in [-0.39, 0.29) is 0 Å². The van der Waals surface area contributed by atoms with Gasteiger partial charge in [-0.15, -0.1) is 0 Å². The van der Waals surface area contributed by atoms with E-state index in [0.717, 1.165) is 10.5 Å². The van der Waals surface area contributed by atoms with Crippen molar-refractivity contribution < 1.29 is 4.55 Å². The molecule has 0 radical (unpaired) electrons. The van der Waals surface area contributed by atoms with Crippen LogP contribution in [0.4, 0.5) is 0 Å². The van der Waals surface area contributed by atoms with Crippen LogP contribution in [0.25, 0.3) is 0 Å². The number of benzene rings is 1. The highest BCUT2D eigenvalue weighted by Crippen LogP contribution is 2.24. The fourth-order valence-corrected chi connectivity index (χ4v) is 2.16. The lowest BCUT2D eigenvalue weighted by molar-refractivity contribution is 0.536. The van der Waals surface area contributed by atoms with Gasteiger partial charge in [0, 0.05) is 11.1 Å². The molecule has 3 heteroatoms. The summed E-state index contributed by atoms with van der Waals surface area (Å²) in [5, 5.41) is 0. The third-order valence-corrected chi connectivity index (χ3v) is 2.87. The highest BCUT2D eigenvalue weighted by atomic mass is 32.2. The quantitative estimate of drug-likeness (QED) is 0.732. The minimum Gasteiger partial charge on any atom is -0.612 e. The molecule has 13 heavy (non-hydrogen) atoms. The Kier molecular flexibility index (Phi) is 3.01. The van der Waals surface area contributed by atoms with E-state index in [9.17, 15) is 4.55 Å². The molecule has 0 aliphatic carbocycles. The average molecular weight is 197 g/mol. The summed E-state index contributed by atoms with van der Waals surface area (Å²) in [7, 11) is 0. The molecule has 0 aliphatic rings. The summed E-state index contributed by atoms with van der Waals surface area (Å²) >= 11 is -0.967. The highest BCUT2D eigenvalue weighted by molar-refractivity contribution is 7.90. The lowest BCUT2D eigenvalue weighted by atomic mass is 9.96. The highest BCUT2D eigenvalue weighted by Gasteiger charge is 2.22. The van der Waals surface area contributed by atoms with Crippen LogP contribution in [0.1, 0.15) is 19.4 Å². The second-order valence-corrected chi connectivity index (χ2v) is 5.02. The molecule has 2 N–H and O–H groups in total. The summed E-state index contributed by atoms with van der Waals surface area (Å²) in [5.41, 5.74) is 6.49. The Balaban J connectivity index is 3.20. The monoisotopic (exact) mass is 197 g/mol. The number of hydrogen-bond donors (Lipinski definition) is 1. The summed E-state index contributed by atoms with van der Waals surface area (Å²) in [6.45, 7) is 3.83. The lowest BCUT2D eigenvalue weighted by Crippen LogP contribution is -2.30. The fraction of sp³-hybridized carbons (Fsp3) is 0.400. The van der Waals surface area contributed by atoms with Gasteiger partial charge in [-0.05, 0) is 31.1 Å². The number of nitrogens with two attached hydrogens (primary N) is 1. The van der Waals surface area contributed by atoms with Crippen molar-refractivity contribution in [2.24, 2.45) is 5.73 Å². The maximum absolute atomic E-state index is 11.4. The molecule has 1 atom stereocenters. The van der Waals surface area contributed by atoms with Crippen molar-refractivity contribution in [3.05, 3.63) is 29.8 Å². The zero-order valence-corrected chi connectivity index (χ0v) is 9.02. The molecule has 0 aromatic heterocycles. The molecule has 0 saturated carbocycles. The van der Waals surface area contributed by atoms with Gasteiger partial charge in [0.15, 0.2) is 4.90 Å². The average Bonchev–Trinajstić information content (AvgIpc) is 2.03. The molecule has 1 rings (SSSR count). The van der Waals surface area contributed by atoms with Crippen LogP contribution in [0.3, 0.4) is 0 Å². The minimum absolute atomic E-state index is 0.428. The first-order chi connectivity index (χ1) is 5.93. The summed E-state index contributed by atoms with van der Waals surface area (Å²) < 4.78 is 11.4. The Bertz CT molecular complexity index is 291. The van der Waals surface area contributed by atoms with Crippen LogP contribution in [0.15, 0.2) is 29.2 Å². The molecule has 2 nitrogen and oxygen atoms in total. The SMILES string of the molecule is C[S+]([O-])c1ccccc1C(C)(C)N. The van der Waals surface area contributed by atoms with Crippen LogP contribution < -0.4 is 5.73 Å². The minimum atomic E-state index is -0.967. The Morgan fingerprint density at radius 2 is 1.85 bits per heavy atom. The Labute approximate surface area is 82.3 Å². The fourth-order valence-electron chi connectivity index (χ4n) is 1.25. The second kappa shape index (κ2) is 3.70. The molecule has 1 unspecified atom stereocenters. The van der Waals surface area contributed by atoms with Crippen LogP contribution in [0.2, 0.25) is 0 Å². The van der Waals surface area contributed by atoms with E-state index in [1.54, 1.807) is 6.26 Å². The molecule has 0 saturated heterocycles. The van der Waals surface area contributed by atoms with Gasteiger partial charge in [-0.25, -0.2) is 0 Å². The number of hydrogen-bond acceptors (Lipinski definition) is 2. The van der Waals surface area contributed by atoms with Gasteiger partial charge in [0.05, 0.1) is 0 Å². The molecular formula is C10H15NOS. The van der Waals surface area contributed by atoms with Crippen molar-refractivity contribution in [1.29, 1.82) is 0 Å². The van der Waals surface area contributed by atoms with Gasteiger partial charge in [-0.1, -0.05) is 18.2 Å². The van der Waals surface area contributed by atoms with Crippen LogP contribution in [0, 0.1) is 0 Å². The normalized spacial score (nSPS) is 14.2. The zero-order chi connectivity index (χ0) is 10.1. The third-order valence-electron chi connectivity index (χ3n) is 1.89. The molecular weight excluding hydrogens is 182 g/mol. The van der Waals surface area contributed by atoms with Gasteiger partial charge < -0.3 is 10.3 Å². The van der Waals surface area contributed by atoms with E-state index in [1.165, 1.54) is 0 Å². The lowest BCUT2D eigenvalue weighted by Gasteiger charge is -2.21. The van der Waals surface area contributed by atoms with Gasteiger partial charge in [-0.3, -0.25) is 0 Å². The van der Waals surface area contributed by atoms with E-state index in [2.05, 4.69) is 0 Å². The van der Waals surface area contributed by atoms with E-state index >= 15 is 0 Å². The first-order valence-electron chi connectivity index (χ1n) is 4.15. The molecule has 0 aliphatic heterocycles. The topological polar surface area (TPSA) is 49.1 Å². The second-order valence-electron chi connectivity index (χ2n) is 3.67. The predicted molar refractivity (Wildman–Crippen MR) is 56.0 cm³/mol. The Hall–Kier alpha value is -0.510. The van der Waals surface area contributed by atoms with Crippen LogP contribution in [-0.4, -0.2) is 10.8 Å². The van der Waals surface area contributed by atoms with Crippen molar-refractivity contribution in [3.8, 4) is 0 Å². The van der Waals surface area contributed by atoms with Crippen molar-refractivity contribution >= 4 is 11.2 Å². The smallest absolute Gasteiger partial charge is 0.157 e. The summed E-state index contributed by atoms with van der Waals surface area (Å²) in [4.78, 5) is 0.829. The number of rotatable bonds is 2. The maximum atomic E-state index is 11.4. The predicted octanol–water partition coefficient (Wildman–Crippen LogP) is 1.62. The Morgan fingerprint density at radius 3 is 2.23 bits per heavy atom. The summed E-state index contributed by atoms with van der Waals surface area (Å²) in [5.74, 6) is 0. The van der Waals surface area contributed by atoms with Crippen LogP contribution >= 0.6 is 0 Å². The summed E-state index contributed by atoms with van der Waals surface area (Å²) in [6, 6.07) is 7.59. The van der Waals surface area contributed by atoms with Crippen LogP contribution in [0.5, 0.6) is 0 Å². The standard InChI is InChI=1S/C10H15NOS/c1-10(2,11)8-6-4-5-7-9(8)13(3)12/h4-7H,11H2,1-3H3. The van der Waals surface area contributed by atoms with Gasteiger partial charge in [0.2, 0.25) is 0 Å². The van der Waals surface area contributed by atoms with Crippen molar-refractivity contribution in [2.75, 3.05) is 6.26 Å². The van der Waals surface area contributed by atoms with Gasteiger partial charge in [0.25, 0.3) is 0 Å². The van der Waals surface area contributed by atoms with Gasteiger partial charge in [-0.2, -0.15) is 0 Å². The van der Waals surface area contributed by atoms with E-state index < -0.39 is 16.7 Å². The molecule has 1 aromatic carbocycles. The molecule has 0 amide bonds. The van der Waals surface area contributed by atoms with Gasteiger partial charge >= 0.3 is 0 Å². The van der Waals surface area contributed by atoms with Crippen molar-refractivity contribution in [3.63, 3.8) is 0 Å². The Morgan fingerprint density at radius 1 is 1.31 bits per heavy atom. The molecule has 72 valence electrons. The van der Waals surface area contributed by atoms with Crippen molar-refractivity contribution in [2.45, 2.75) is 24.3 Å². The summed E-state index contributed by atoms with van der Waals surface area (Å²) in [6.07, 6.45) is 1.67. The van der Waals surface area contributed by atoms with E-state index in [1.807, 2.05) is 38.1 Å². The largest absolute Gasteiger partial charge is 0.612 e. The molecule has 0 fully saturated rings.